The van der Waals surface area contributed by atoms with Gasteiger partial charge in [-0.3, -0.25) is 0 Å². The first kappa shape index (κ1) is 8.10. The minimum atomic E-state index is 0.665. The first-order chi connectivity index (χ1) is 6.31. The molecule has 0 unspecified atom stereocenters. The lowest BCUT2D eigenvalue weighted by Crippen LogP contribution is -1.90. The molecule has 0 N–H and O–H groups in total. The summed E-state index contributed by atoms with van der Waals surface area (Å²) in [5.41, 5.74) is 1.70. The highest BCUT2D eigenvalue weighted by Gasteiger charge is 2.04. The highest BCUT2D eigenvalue weighted by molar-refractivity contribution is 5.80. The Balaban J connectivity index is 2.50. The molecule has 3 nitrogen and oxygen atoms in total. The van der Waals surface area contributed by atoms with Crippen LogP contribution in [0.15, 0.2) is 22.7 Å². The summed E-state index contributed by atoms with van der Waals surface area (Å²) < 4.78 is 10.4. The summed E-state index contributed by atoms with van der Waals surface area (Å²) in [5.74, 6) is 0.825. The lowest BCUT2D eigenvalue weighted by atomic mass is 10.2. The van der Waals surface area contributed by atoms with Crippen LogP contribution in [-0.2, 0) is 0 Å². The summed E-state index contributed by atoms with van der Waals surface area (Å²) in [6.45, 7) is 4.54. The lowest BCUT2D eigenvalue weighted by Gasteiger charge is -2.00. The molecule has 2 rings (SSSR count). The first-order valence-corrected chi connectivity index (χ1v) is 4.30. The standard InChI is InChI=1S/C10H11NO2/c1-3-12-8-4-5-9-7(2)11-13-10(9)6-8/h4-6H,3H2,1-2H3. The Morgan fingerprint density at radius 1 is 1.46 bits per heavy atom. The van der Waals surface area contributed by atoms with E-state index in [0.29, 0.717) is 6.61 Å². The molecule has 0 fully saturated rings. The Morgan fingerprint density at radius 3 is 3.08 bits per heavy atom. The van der Waals surface area contributed by atoms with E-state index in [1.165, 1.54) is 0 Å². The maximum atomic E-state index is 5.34. The highest BCUT2D eigenvalue weighted by Crippen LogP contribution is 2.22. The van der Waals surface area contributed by atoms with Gasteiger partial charge < -0.3 is 9.26 Å². The summed E-state index contributed by atoms with van der Waals surface area (Å²) >= 11 is 0. The largest absolute Gasteiger partial charge is 0.494 e. The molecule has 0 aliphatic heterocycles. The molecular formula is C10H11NO2. The van der Waals surface area contributed by atoms with Crippen molar-refractivity contribution in [2.24, 2.45) is 0 Å². The molecule has 0 atom stereocenters. The van der Waals surface area contributed by atoms with Crippen molar-refractivity contribution >= 4 is 11.0 Å². The van der Waals surface area contributed by atoms with Gasteiger partial charge in [-0.15, -0.1) is 0 Å². The number of rotatable bonds is 2. The van der Waals surface area contributed by atoms with Crippen LogP contribution in [0.1, 0.15) is 12.6 Å². The second kappa shape index (κ2) is 3.09. The molecule has 0 saturated heterocycles. The van der Waals surface area contributed by atoms with Gasteiger partial charge in [0.1, 0.15) is 5.75 Å². The average molecular weight is 177 g/mol. The molecule has 0 bridgehead atoms. The van der Waals surface area contributed by atoms with Gasteiger partial charge in [-0.1, -0.05) is 5.16 Å². The van der Waals surface area contributed by atoms with Gasteiger partial charge in [0.15, 0.2) is 5.58 Å². The van der Waals surface area contributed by atoms with E-state index in [-0.39, 0.29) is 0 Å². The van der Waals surface area contributed by atoms with E-state index in [2.05, 4.69) is 5.16 Å². The fourth-order valence-corrected chi connectivity index (χ4v) is 1.30. The van der Waals surface area contributed by atoms with Crippen molar-refractivity contribution in [3.8, 4) is 5.75 Å². The van der Waals surface area contributed by atoms with E-state index >= 15 is 0 Å². The Kier molecular flexibility index (Phi) is 1.93. The SMILES string of the molecule is CCOc1ccc2c(C)noc2c1. The summed E-state index contributed by atoms with van der Waals surface area (Å²) in [7, 11) is 0. The number of hydrogen-bond acceptors (Lipinski definition) is 3. The normalized spacial score (nSPS) is 10.6. The van der Waals surface area contributed by atoms with Crippen molar-refractivity contribution in [1.82, 2.24) is 5.16 Å². The second-order valence-electron chi connectivity index (χ2n) is 2.86. The van der Waals surface area contributed by atoms with Crippen LogP contribution < -0.4 is 4.74 Å². The number of benzene rings is 1. The third kappa shape index (κ3) is 1.37. The fraction of sp³-hybridized carbons (Fsp3) is 0.300. The number of nitrogens with zero attached hydrogens (tertiary/aromatic N) is 1. The van der Waals surface area contributed by atoms with E-state index < -0.39 is 0 Å². The molecule has 1 aromatic carbocycles. The fourth-order valence-electron chi connectivity index (χ4n) is 1.30. The molecule has 13 heavy (non-hydrogen) atoms. The minimum absolute atomic E-state index is 0.665. The molecule has 0 saturated carbocycles. The number of aryl methyl sites for hydroxylation is 1. The average Bonchev–Trinajstić information content (AvgIpc) is 2.48. The summed E-state index contributed by atoms with van der Waals surface area (Å²) in [6.07, 6.45) is 0. The summed E-state index contributed by atoms with van der Waals surface area (Å²) in [4.78, 5) is 0. The lowest BCUT2D eigenvalue weighted by molar-refractivity contribution is 0.339. The topological polar surface area (TPSA) is 35.3 Å². The van der Waals surface area contributed by atoms with Gasteiger partial charge in [0.25, 0.3) is 0 Å². The van der Waals surface area contributed by atoms with Crippen LogP contribution in [0.4, 0.5) is 0 Å². The molecule has 0 aliphatic rings. The Labute approximate surface area is 76.3 Å². The van der Waals surface area contributed by atoms with Gasteiger partial charge in [-0.2, -0.15) is 0 Å². The van der Waals surface area contributed by atoms with Gasteiger partial charge >= 0.3 is 0 Å². The maximum Gasteiger partial charge on any atom is 0.170 e. The van der Waals surface area contributed by atoms with Crippen molar-refractivity contribution in [2.45, 2.75) is 13.8 Å². The van der Waals surface area contributed by atoms with Gasteiger partial charge in [-0.05, 0) is 26.0 Å². The molecule has 0 radical (unpaired) electrons. The van der Waals surface area contributed by atoms with E-state index in [1.54, 1.807) is 0 Å². The molecule has 0 aliphatic carbocycles. The van der Waals surface area contributed by atoms with Gasteiger partial charge in [-0.25, -0.2) is 0 Å². The van der Waals surface area contributed by atoms with E-state index in [0.717, 1.165) is 22.4 Å². The molecule has 1 heterocycles. The van der Waals surface area contributed by atoms with Crippen LogP contribution in [0, 0.1) is 6.92 Å². The van der Waals surface area contributed by atoms with Gasteiger partial charge in [0.05, 0.1) is 12.3 Å². The second-order valence-corrected chi connectivity index (χ2v) is 2.86. The smallest absolute Gasteiger partial charge is 0.170 e. The molecule has 0 amide bonds. The Morgan fingerprint density at radius 2 is 2.31 bits per heavy atom. The van der Waals surface area contributed by atoms with Crippen LogP contribution >= 0.6 is 0 Å². The highest BCUT2D eigenvalue weighted by atomic mass is 16.5. The molecule has 2 aromatic rings. The van der Waals surface area contributed by atoms with Crippen molar-refractivity contribution in [2.75, 3.05) is 6.61 Å². The molecule has 0 spiro atoms. The van der Waals surface area contributed by atoms with Crippen LogP contribution in [0.3, 0.4) is 0 Å². The minimum Gasteiger partial charge on any atom is -0.494 e. The van der Waals surface area contributed by atoms with Crippen LogP contribution in [0.25, 0.3) is 11.0 Å². The number of aromatic nitrogens is 1. The predicted molar refractivity (Wildman–Crippen MR) is 49.9 cm³/mol. The van der Waals surface area contributed by atoms with Crippen molar-refractivity contribution in [3.63, 3.8) is 0 Å². The zero-order valence-corrected chi connectivity index (χ0v) is 7.70. The summed E-state index contributed by atoms with van der Waals surface area (Å²) in [6, 6.07) is 5.75. The Bertz CT molecular complexity index is 420. The maximum absolute atomic E-state index is 5.34. The third-order valence-electron chi connectivity index (χ3n) is 1.93. The van der Waals surface area contributed by atoms with E-state index in [4.69, 9.17) is 9.26 Å². The van der Waals surface area contributed by atoms with Gasteiger partial charge in [0.2, 0.25) is 0 Å². The van der Waals surface area contributed by atoms with Gasteiger partial charge in [0, 0.05) is 11.5 Å². The van der Waals surface area contributed by atoms with Crippen LogP contribution in [0.2, 0.25) is 0 Å². The Hall–Kier alpha value is -1.51. The predicted octanol–water partition coefficient (Wildman–Crippen LogP) is 2.53. The number of hydrogen-bond donors (Lipinski definition) is 0. The van der Waals surface area contributed by atoms with E-state index in [9.17, 15) is 0 Å². The monoisotopic (exact) mass is 177 g/mol. The third-order valence-corrected chi connectivity index (χ3v) is 1.93. The first-order valence-electron chi connectivity index (χ1n) is 4.30. The number of ether oxygens (including phenoxy) is 1. The quantitative estimate of drug-likeness (QED) is 0.707. The zero-order chi connectivity index (χ0) is 9.26. The van der Waals surface area contributed by atoms with Crippen LogP contribution in [-0.4, -0.2) is 11.8 Å². The van der Waals surface area contributed by atoms with Crippen molar-refractivity contribution < 1.29 is 9.26 Å². The molecule has 68 valence electrons. The molecule has 1 aromatic heterocycles. The zero-order valence-electron chi connectivity index (χ0n) is 7.70. The van der Waals surface area contributed by atoms with Crippen molar-refractivity contribution in [3.05, 3.63) is 23.9 Å². The molecular weight excluding hydrogens is 166 g/mol. The molecule has 3 heteroatoms. The van der Waals surface area contributed by atoms with Crippen LogP contribution in [0.5, 0.6) is 5.75 Å². The summed E-state index contributed by atoms with van der Waals surface area (Å²) in [5, 5.41) is 4.91. The van der Waals surface area contributed by atoms with Crippen molar-refractivity contribution in [1.29, 1.82) is 0 Å². The number of fused-ring (bicyclic) bond motifs is 1. The van der Waals surface area contributed by atoms with E-state index in [1.807, 2.05) is 32.0 Å².